The van der Waals surface area contributed by atoms with E-state index in [-0.39, 0.29) is 6.61 Å². The third kappa shape index (κ3) is 4.09. The Labute approximate surface area is 87.4 Å². The molecule has 0 aromatic carbocycles. The summed E-state index contributed by atoms with van der Waals surface area (Å²) in [6, 6.07) is 3.60. The van der Waals surface area contributed by atoms with E-state index in [1.54, 1.807) is 18.5 Å². The molecule has 3 nitrogen and oxygen atoms in total. The molecular formula is C10H14NO2S. The third-order valence-corrected chi connectivity index (χ3v) is 3.30. The maximum atomic E-state index is 11.6. The number of hydrogen-bond donors (Lipinski definition) is 0. The van der Waals surface area contributed by atoms with Crippen LogP contribution in [0.4, 0.5) is 0 Å². The van der Waals surface area contributed by atoms with E-state index in [1.807, 2.05) is 6.07 Å². The first kappa shape index (κ1) is 11.5. The van der Waals surface area contributed by atoms with Gasteiger partial charge >= 0.3 is 0 Å². The molecule has 14 heavy (non-hydrogen) atoms. The summed E-state index contributed by atoms with van der Waals surface area (Å²) >= 11 is -0.951. The number of rotatable bonds is 6. The van der Waals surface area contributed by atoms with Gasteiger partial charge in [0.15, 0.2) is 4.90 Å². The molecule has 0 bridgehead atoms. The second-order valence-electron chi connectivity index (χ2n) is 3.00. The van der Waals surface area contributed by atoms with Crippen LogP contribution in [-0.4, -0.2) is 21.9 Å². The summed E-state index contributed by atoms with van der Waals surface area (Å²) in [5, 5.41) is 10.2. The van der Waals surface area contributed by atoms with Gasteiger partial charge in [-0.3, -0.25) is 4.98 Å². The lowest BCUT2D eigenvalue weighted by atomic mass is 10.3. The van der Waals surface area contributed by atoms with Crippen LogP contribution in [0.25, 0.3) is 0 Å². The maximum Gasteiger partial charge on any atom is 0.170 e. The summed E-state index contributed by atoms with van der Waals surface area (Å²) in [5.74, 6) is 0.631. The molecule has 4 heteroatoms. The Morgan fingerprint density at radius 2 is 2.21 bits per heavy atom. The Kier molecular flexibility index (Phi) is 5.59. The summed E-state index contributed by atoms with van der Waals surface area (Å²) in [7, 11) is 0. The highest BCUT2D eigenvalue weighted by Crippen LogP contribution is 2.11. The van der Waals surface area contributed by atoms with E-state index >= 15 is 0 Å². The van der Waals surface area contributed by atoms with Crippen molar-refractivity contribution >= 4 is 11.2 Å². The van der Waals surface area contributed by atoms with Gasteiger partial charge < -0.3 is 4.55 Å². The van der Waals surface area contributed by atoms with Gasteiger partial charge in [-0.1, -0.05) is 0 Å². The third-order valence-electron chi connectivity index (χ3n) is 1.87. The monoisotopic (exact) mass is 212 g/mol. The number of hydrogen-bond acceptors (Lipinski definition) is 2. The van der Waals surface area contributed by atoms with Crippen molar-refractivity contribution in [2.45, 2.75) is 24.2 Å². The predicted molar refractivity (Wildman–Crippen MR) is 54.9 cm³/mol. The molecule has 1 aromatic rings. The first-order valence-corrected chi connectivity index (χ1v) is 6.03. The highest BCUT2D eigenvalue weighted by Gasteiger charge is 2.09. The molecule has 0 aliphatic rings. The minimum Gasteiger partial charge on any atom is -0.611 e. The smallest absolute Gasteiger partial charge is 0.170 e. The van der Waals surface area contributed by atoms with Gasteiger partial charge in [0.1, 0.15) is 5.75 Å². The molecule has 1 unspecified atom stereocenters. The van der Waals surface area contributed by atoms with Crippen molar-refractivity contribution in [1.82, 2.24) is 4.98 Å². The van der Waals surface area contributed by atoms with Crippen LogP contribution in [0.1, 0.15) is 19.3 Å². The van der Waals surface area contributed by atoms with E-state index in [4.69, 9.17) is 0 Å². The highest BCUT2D eigenvalue weighted by molar-refractivity contribution is 7.91. The summed E-state index contributed by atoms with van der Waals surface area (Å²) in [5.41, 5.74) is 0. The molecule has 0 fully saturated rings. The van der Waals surface area contributed by atoms with Gasteiger partial charge in [-0.05, 0) is 42.6 Å². The van der Waals surface area contributed by atoms with E-state index in [9.17, 15) is 9.66 Å². The molecule has 77 valence electrons. The van der Waals surface area contributed by atoms with Gasteiger partial charge in [0.25, 0.3) is 0 Å². The Hall–Kier alpha value is -0.580. The highest BCUT2D eigenvalue weighted by atomic mass is 32.2. The van der Waals surface area contributed by atoms with Gasteiger partial charge in [-0.25, -0.2) is 5.11 Å². The molecule has 1 rings (SSSR count). The predicted octanol–water partition coefficient (Wildman–Crippen LogP) is 1.79. The van der Waals surface area contributed by atoms with Crippen LogP contribution >= 0.6 is 0 Å². The van der Waals surface area contributed by atoms with E-state index in [0.29, 0.717) is 12.2 Å². The fourth-order valence-corrected chi connectivity index (χ4v) is 2.22. The van der Waals surface area contributed by atoms with Crippen LogP contribution in [0, 0.1) is 0 Å². The van der Waals surface area contributed by atoms with Crippen LogP contribution in [0.15, 0.2) is 29.4 Å². The molecule has 0 saturated heterocycles. The Morgan fingerprint density at radius 1 is 1.36 bits per heavy atom. The minimum atomic E-state index is -0.951. The van der Waals surface area contributed by atoms with E-state index in [0.717, 1.165) is 17.7 Å². The molecule has 1 heterocycles. The number of pyridine rings is 1. The lowest BCUT2D eigenvalue weighted by molar-refractivity contribution is 0.186. The van der Waals surface area contributed by atoms with Crippen molar-refractivity contribution in [2.75, 3.05) is 12.4 Å². The zero-order valence-corrected chi connectivity index (χ0v) is 8.83. The zero-order chi connectivity index (χ0) is 10.2. The van der Waals surface area contributed by atoms with Gasteiger partial charge in [0.2, 0.25) is 0 Å². The molecule has 0 spiro atoms. The molecule has 0 amide bonds. The summed E-state index contributed by atoms with van der Waals surface area (Å²) in [6.07, 6.45) is 5.70. The molecule has 0 saturated carbocycles. The van der Waals surface area contributed by atoms with Crippen LogP contribution in [0.3, 0.4) is 0 Å². The molecule has 0 aliphatic heterocycles. The Morgan fingerprint density at radius 3 is 2.86 bits per heavy atom. The number of nitrogens with zero attached hydrogens (tertiary/aromatic N) is 1. The summed E-state index contributed by atoms with van der Waals surface area (Å²) in [6.45, 7) is -0.0282. The molecule has 1 aromatic heterocycles. The molecule has 0 aliphatic carbocycles. The van der Waals surface area contributed by atoms with Crippen molar-refractivity contribution < 1.29 is 9.66 Å². The lowest BCUT2D eigenvalue weighted by Gasteiger charge is -2.08. The van der Waals surface area contributed by atoms with E-state index in [2.05, 4.69) is 4.98 Å². The van der Waals surface area contributed by atoms with E-state index < -0.39 is 11.2 Å². The molecular weight excluding hydrogens is 198 g/mol. The standard InChI is InChI=1S/C10H14NO2S/c12-7-2-1-3-8-14(13)10-5-4-6-11-9-10/h4-6,9H,1-3,7-8H2. The van der Waals surface area contributed by atoms with Crippen LogP contribution in [0.5, 0.6) is 0 Å². The van der Waals surface area contributed by atoms with Gasteiger partial charge in [0, 0.05) is 6.20 Å². The first-order valence-electron chi connectivity index (χ1n) is 4.71. The average Bonchev–Trinajstić information content (AvgIpc) is 2.25. The van der Waals surface area contributed by atoms with Crippen molar-refractivity contribution in [2.24, 2.45) is 0 Å². The SMILES string of the molecule is [O]CCCCC[S+]([O-])c1cccnc1. The van der Waals surface area contributed by atoms with Gasteiger partial charge in [-0.2, -0.15) is 0 Å². The fourth-order valence-electron chi connectivity index (χ4n) is 1.11. The maximum absolute atomic E-state index is 11.6. The van der Waals surface area contributed by atoms with Crippen LogP contribution in [0.2, 0.25) is 0 Å². The Bertz CT molecular complexity index is 243. The molecule has 0 N–H and O–H groups in total. The molecule has 1 radical (unpaired) electrons. The lowest BCUT2D eigenvalue weighted by Crippen LogP contribution is -2.07. The van der Waals surface area contributed by atoms with Crippen LogP contribution < -0.4 is 0 Å². The van der Waals surface area contributed by atoms with Crippen molar-refractivity contribution in [3.63, 3.8) is 0 Å². The second-order valence-corrected chi connectivity index (χ2v) is 4.57. The van der Waals surface area contributed by atoms with Crippen molar-refractivity contribution in [3.8, 4) is 0 Å². The molecule has 1 atom stereocenters. The minimum absolute atomic E-state index is 0.0282. The normalized spacial score (nSPS) is 12.7. The fraction of sp³-hybridized carbons (Fsp3) is 0.500. The average molecular weight is 212 g/mol. The van der Waals surface area contributed by atoms with Gasteiger partial charge in [0.05, 0.1) is 12.8 Å². The Balaban J connectivity index is 2.25. The van der Waals surface area contributed by atoms with Crippen molar-refractivity contribution in [1.29, 1.82) is 0 Å². The quantitative estimate of drug-likeness (QED) is 0.533. The van der Waals surface area contributed by atoms with Crippen LogP contribution in [-0.2, 0) is 16.3 Å². The van der Waals surface area contributed by atoms with Crippen molar-refractivity contribution in [3.05, 3.63) is 24.5 Å². The topological polar surface area (TPSA) is 55.8 Å². The largest absolute Gasteiger partial charge is 0.611 e. The number of unbranched alkanes of at least 4 members (excludes halogenated alkanes) is 2. The summed E-state index contributed by atoms with van der Waals surface area (Å²) in [4.78, 5) is 4.68. The van der Waals surface area contributed by atoms with Gasteiger partial charge in [-0.15, -0.1) is 0 Å². The second kappa shape index (κ2) is 6.81. The number of aromatic nitrogens is 1. The first-order chi connectivity index (χ1) is 6.84. The van der Waals surface area contributed by atoms with E-state index in [1.165, 1.54) is 0 Å². The summed E-state index contributed by atoms with van der Waals surface area (Å²) < 4.78 is 11.6. The zero-order valence-electron chi connectivity index (χ0n) is 8.02.